The molecule has 11 nitrogen and oxygen atoms in total. The number of imidazole rings is 1. The number of alkyl halides is 3. The second-order valence-electron chi connectivity index (χ2n) is 9.85. The van der Waals surface area contributed by atoms with Gasteiger partial charge in [0.2, 0.25) is 5.95 Å². The Hall–Kier alpha value is -3.59. The second kappa shape index (κ2) is 11.9. The molecule has 0 spiro atoms. The highest BCUT2D eigenvalue weighted by Crippen LogP contribution is 2.36. The van der Waals surface area contributed by atoms with Gasteiger partial charge in [0.1, 0.15) is 5.82 Å². The average Bonchev–Trinajstić information content (AvgIpc) is 3.33. The van der Waals surface area contributed by atoms with Crippen LogP contribution in [0, 0.1) is 0 Å². The molecule has 0 radical (unpaired) electrons. The zero-order chi connectivity index (χ0) is 29.9. The third-order valence-electron chi connectivity index (χ3n) is 5.41. The van der Waals surface area contributed by atoms with E-state index in [1.807, 2.05) is 20.8 Å². The van der Waals surface area contributed by atoms with Crippen LogP contribution in [0.15, 0.2) is 30.5 Å². The summed E-state index contributed by atoms with van der Waals surface area (Å²) in [6, 6.07) is 5.14. The molecule has 16 heteroatoms. The molecule has 4 N–H and O–H groups in total. The number of benzene rings is 1. The van der Waals surface area contributed by atoms with Crippen LogP contribution in [0.4, 0.5) is 29.6 Å². The number of aromatic nitrogens is 4. The van der Waals surface area contributed by atoms with E-state index in [9.17, 15) is 26.4 Å². The molecule has 0 aliphatic heterocycles. The number of rotatable bonds is 10. The van der Waals surface area contributed by atoms with E-state index in [0.717, 1.165) is 6.07 Å². The maximum atomic E-state index is 13.7. The first-order chi connectivity index (χ1) is 18.6. The van der Waals surface area contributed by atoms with E-state index in [4.69, 9.17) is 11.6 Å². The van der Waals surface area contributed by atoms with Gasteiger partial charge < -0.3 is 20.4 Å². The molecule has 3 rings (SSSR count). The standard InChI is InChI=1S/C24H29ClF3N7O4S/c1-13(31-22(36)39-5)11-30-21-29-7-6-17(32-21)19-18(33-20(34-19)23(2,3)4)14-8-15(25)10-16(9-14)35-40(37,38)24(27,28)12-26/h6-10,13,35H,11-12H2,1-5H3,(H,31,36)(H,33,34)(H,29,30,32). The fourth-order valence-corrected chi connectivity index (χ4v) is 4.30. The van der Waals surface area contributed by atoms with Gasteiger partial charge in [-0.25, -0.2) is 32.6 Å². The summed E-state index contributed by atoms with van der Waals surface area (Å²) >= 11 is 6.21. The van der Waals surface area contributed by atoms with Gasteiger partial charge in [0.15, 0.2) is 6.67 Å². The third-order valence-corrected chi connectivity index (χ3v) is 7.03. The molecule has 1 atom stereocenters. The molecule has 0 saturated heterocycles. The first kappa shape index (κ1) is 30.9. The van der Waals surface area contributed by atoms with Gasteiger partial charge in [-0.2, -0.15) is 8.78 Å². The lowest BCUT2D eigenvalue weighted by Crippen LogP contribution is -2.37. The highest BCUT2D eigenvalue weighted by atomic mass is 35.5. The summed E-state index contributed by atoms with van der Waals surface area (Å²) < 4.78 is 70.4. The van der Waals surface area contributed by atoms with Crippen LogP contribution in [0.3, 0.4) is 0 Å². The number of carbonyl (C=O) groups is 1. The largest absolute Gasteiger partial charge is 0.453 e. The highest BCUT2D eigenvalue weighted by Gasteiger charge is 2.45. The first-order valence-electron chi connectivity index (χ1n) is 11.9. The van der Waals surface area contributed by atoms with Crippen LogP contribution in [0.2, 0.25) is 5.02 Å². The van der Waals surface area contributed by atoms with Gasteiger partial charge in [-0.3, -0.25) is 4.72 Å². The number of H-pyrrole nitrogens is 1. The molecule has 0 fully saturated rings. The van der Waals surface area contributed by atoms with Crippen LogP contribution in [0.1, 0.15) is 33.5 Å². The van der Waals surface area contributed by atoms with Crippen molar-refractivity contribution in [3.05, 3.63) is 41.3 Å². The summed E-state index contributed by atoms with van der Waals surface area (Å²) in [5, 5.41) is 1.01. The van der Waals surface area contributed by atoms with Crippen molar-refractivity contribution in [1.82, 2.24) is 25.3 Å². The van der Waals surface area contributed by atoms with Crippen molar-refractivity contribution >= 4 is 39.4 Å². The lowest BCUT2D eigenvalue weighted by molar-refractivity contribution is 0.0628. The number of sulfonamides is 1. The predicted molar refractivity (Wildman–Crippen MR) is 146 cm³/mol. The Labute approximate surface area is 234 Å². The number of carbonyl (C=O) groups excluding carboxylic acids is 1. The van der Waals surface area contributed by atoms with E-state index in [1.54, 1.807) is 17.7 Å². The highest BCUT2D eigenvalue weighted by molar-refractivity contribution is 7.93. The van der Waals surface area contributed by atoms with E-state index < -0.39 is 33.5 Å². The second-order valence-corrected chi connectivity index (χ2v) is 12.1. The van der Waals surface area contributed by atoms with Crippen molar-refractivity contribution < 1.29 is 31.1 Å². The maximum Gasteiger partial charge on any atom is 0.407 e. The number of anilines is 2. The number of alkyl carbamates (subject to hydrolysis) is 1. The van der Waals surface area contributed by atoms with Crippen molar-refractivity contribution in [2.75, 3.05) is 30.4 Å². The van der Waals surface area contributed by atoms with Crippen LogP contribution >= 0.6 is 11.6 Å². The van der Waals surface area contributed by atoms with Gasteiger partial charge in [0.05, 0.1) is 29.9 Å². The SMILES string of the molecule is COC(=O)NC(C)CNc1nccc(-c2[nH]c(C(C)(C)C)nc2-c2cc(Cl)cc(NS(=O)(=O)C(F)(F)CF)c2)n1. The fourth-order valence-electron chi connectivity index (χ4n) is 3.35. The molecule has 218 valence electrons. The Kier molecular flexibility index (Phi) is 9.19. The van der Waals surface area contributed by atoms with Gasteiger partial charge in [-0.15, -0.1) is 0 Å². The van der Waals surface area contributed by atoms with Gasteiger partial charge in [0, 0.05) is 34.8 Å². The molecule has 0 aliphatic carbocycles. The van der Waals surface area contributed by atoms with E-state index in [0.29, 0.717) is 22.9 Å². The summed E-state index contributed by atoms with van der Waals surface area (Å²) in [5.41, 5.74) is 0.632. The number of aromatic amines is 1. The van der Waals surface area contributed by atoms with Crippen molar-refractivity contribution in [1.29, 1.82) is 0 Å². The van der Waals surface area contributed by atoms with E-state index in [2.05, 4.69) is 35.3 Å². The minimum atomic E-state index is -5.40. The van der Waals surface area contributed by atoms with Gasteiger partial charge >= 0.3 is 21.4 Å². The maximum absolute atomic E-state index is 13.7. The Morgan fingerprint density at radius 3 is 2.52 bits per heavy atom. The normalized spacial score (nSPS) is 13.0. The first-order valence-corrected chi connectivity index (χ1v) is 13.7. The smallest absolute Gasteiger partial charge is 0.407 e. The summed E-state index contributed by atoms with van der Waals surface area (Å²) in [6.07, 6.45) is 0.915. The zero-order valence-corrected chi connectivity index (χ0v) is 23.8. The summed E-state index contributed by atoms with van der Waals surface area (Å²) in [4.78, 5) is 28.0. The van der Waals surface area contributed by atoms with Gasteiger partial charge in [0.25, 0.3) is 0 Å². The number of hydrogen-bond donors (Lipinski definition) is 4. The van der Waals surface area contributed by atoms with Crippen molar-refractivity contribution in [3.8, 4) is 22.6 Å². The van der Waals surface area contributed by atoms with Crippen LogP contribution < -0.4 is 15.4 Å². The molecule has 0 aliphatic rings. The Bertz CT molecular complexity index is 1480. The topological polar surface area (TPSA) is 151 Å². The lowest BCUT2D eigenvalue weighted by Gasteiger charge is -2.16. The molecule has 3 aromatic rings. The monoisotopic (exact) mass is 603 g/mol. The van der Waals surface area contributed by atoms with Gasteiger partial charge in [-0.05, 0) is 31.2 Å². The van der Waals surface area contributed by atoms with Gasteiger partial charge in [-0.1, -0.05) is 32.4 Å². The number of halogens is 4. The number of nitrogens with one attached hydrogen (secondary N) is 4. The average molecular weight is 604 g/mol. The van der Waals surface area contributed by atoms with E-state index in [1.165, 1.54) is 25.4 Å². The molecular weight excluding hydrogens is 575 g/mol. The number of hydrogen-bond acceptors (Lipinski definition) is 8. The number of nitrogens with zero attached hydrogens (tertiary/aromatic N) is 3. The number of ether oxygens (including phenoxy) is 1. The van der Waals surface area contributed by atoms with E-state index >= 15 is 0 Å². The van der Waals surface area contributed by atoms with Crippen LogP contribution in [0.5, 0.6) is 0 Å². The number of methoxy groups -OCH3 is 1. The molecular formula is C24H29ClF3N7O4S. The van der Waals surface area contributed by atoms with Crippen molar-refractivity contribution in [3.63, 3.8) is 0 Å². The summed E-state index contributed by atoms with van der Waals surface area (Å²) in [6.45, 7) is 5.39. The summed E-state index contributed by atoms with van der Waals surface area (Å²) in [7, 11) is -4.14. The predicted octanol–water partition coefficient (Wildman–Crippen LogP) is 4.95. The Morgan fingerprint density at radius 2 is 1.90 bits per heavy atom. The van der Waals surface area contributed by atoms with Crippen LogP contribution in [0.25, 0.3) is 22.6 Å². The third kappa shape index (κ3) is 7.33. The molecule has 1 aromatic carbocycles. The number of amides is 1. The molecule has 2 heterocycles. The zero-order valence-electron chi connectivity index (χ0n) is 22.3. The lowest BCUT2D eigenvalue weighted by atomic mass is 9.96. The quantitative estimate of drug-likeness (QED) is 0.254. The van der Waals surface area contributed by atoms with Crippen LogP contribution in [-0.2, 0) is 20.2 Å². The Morgan fingerprint density at radius 1 is 1.20 bits per heavy atom. The molecule has 2 aromatic heterocycles. The van der Waals surface area contributed by atoms with Crippen molar-refractivity contribution in [2.45, 2.75) is 44.4 Å². The minimum Gasteiger partial charge on any atom is -0.453 e. The van der Waals surface area contributed by atoms with Crippen LogP contribution in [-0.4, -0.2) is 66.1 Å². The molecule has 1 unspecified atom stereocenters. The minimum absolute atomic E-state index is 0.0159. The molecule has 0 bridgehead atoms. The summed E-state index contributed by atoms with van der Waals surface area (Å²) in [5.74, 6) is 0.787. The van der Waals surface area contributed by atoms with E-state index in [-0.39, 0.29) is 34.8 Å². The fraction of sp³-hybridized carbons (Fsp3) is 0.417. The molecule has 40 heavy (non-hydrogen) atoms. The van der Waals surface area contributed by atoms with Crippen molar-refractivity contribution in [2.24, 2.45) is 0 Å². The Balaban J connectivity index is 2.03. The molecule has 0 saturated carbocycles. The molecule has 1 amide bonds.